The molecule has 0 N–H and O–H groups in total. The lowest BCUT2D eigenvalue weighted by Gasteiger charge is -2.29. The van der Waals surface area contributed by atoms with Gasteiger partial charge in [0.2, 0.25) is 0 Å². The molecule has 0 unspecified atom stereocenters. The lowest BCUT2D eigenvalue weighted by Crippen LogP contribution is -2.53. The molecular formula is C15H26N2O3Si. The Kier molecular flexibility index (Phi) is 5.40. The highest BCUT2D eigenvalue weighted by molar-refractivity contribution is 6.60. The summed E-state index contributed by atoms with van der Waals surface area (Å²) in [5.41, 5.74) is 4.00. The molecule has 0 aliphatic carbocycles. The molecule has 1 aromatic rings. The fourth-order valence-corrected chi connectivity index (χ4v) is 4.67. The zero-order valence-corrected chi connectivity index (χ0v) is 14.7. The number of nitrogens with zero attached hydrogens (tertiary/aromatic N) is 2. The van der Waals surface area contributed by atoms with Crippen molar-refractivity contribution < 1.29 is 13.3 Å². The largest absolute Gasteiger partial charge is 0.515 e. The van der Waals surface area contributed by atoms with E-state index in [4.69, 9.17) is 13.3 Å². The van der Waals surface area contributed by atoms with Crippen LogP contribution in [-0.4, -0.2) is 61.0 Å². The van der Waals surface area contributed by atoms with Gasteiger partial charge in [0.25, 0.3) is 0 Å². The van der Waals surface area contributed by atoms with Crippen molar-refractivity contribution in [1.29, 1.82) is 0 Å². The molecule has 1 aliphatic rings. The van der Waals surface area contributed by atoms with E-state index in [9.17, 15) is 0 Å². The Morgan fingerprint density at radius 1 is 1.00 bits per heavy atom. The number of hydrogen-bond acceptors (Lipinski definition) is 5. The number of benzene rings is 1. The summed E-state index contributed by atoms with van der Waals surface area (Å²) in [6.07, 6.45) is 0.720. The second-order valence-corrected chi connectivity index (χ2v) is 8.40. The van der Waals surface area contributed by atoms with Crippen LogP contribution in [0.4, 0.5) is 5.69 Å². The summed E-state index contributed by atoms with van der Waals surface area (Å²) in [6, 6.07) is 6.45. The van der Waals surface area contributed by atoms with E-state index in [2.05, 4.69) is 41.8 Å². The fourth-order valence-electron chi connectivity index (χ4n) is 2.98. The first-order valence-corrected chi connectivity index (χ1v) is 9.17. The van der Waals surface area contributed by atoms with E-state index in [0.29, 0.717) is 0 Å². The maximum absolute atomic E-state index is 5.52. The molecule has 1 aliphatic heterocycles. The number of anilines is 1. The van der Waals surface area contributed by atoms with E-state index in [0.717, 1.165) is 25.9 Å². The summed E-state index contributed by atoms with van der Waals surface area (Å²) in [4.78, 5) is 4.76. The zero-order valence-electron chi connectivity index (χ0n) is 13.7. The Labute approximate surface area is 128 Å². The van der Waals surface area contributed by atoms with E-state index in [-0.39, 0.29) is 0 Å². The van der Waals surface area contributed by atoms with Crippen LogP contribution >= 0.6 is 0 Å². The van der Waals surface area contributed by atoms with Crippen LogP contribution in [0.5, 0.6) is 0 Å². The van der Waals surface area contributed by atoms with Crippen molar-refractivity contribution in [3.05, 3.63) is 29.3 Å². The first-order chi connectivity index (χ1) is 10.0. The minimum atomic E-state index is -2.54. The van der Waals surface area contributed by atoms with Gasteiger partial charge in [0.05, 0.1) is 12.8 Å². The molecule has 0 atom stereocenters. The molecule has 1 aromatic carbocycles. The van der Waals surface area contributed by atoms with Crippen molar-refractivity contribution in [2.24, 2.45) is 0 Å². The molecule has 118 valence electrons. The molecule has 0 radical (unpaired) electrons. The highest BCUT2D eigenvalue weighted by Gasteiger charge is 2.41. The Balaban J connectivity index is 2.07. The second-order valence-electron chi connectivity index (χ2n) is 5.49. The summed E-state index contributed by atoms with van der Waals surface area (Å²) >= 11 is 0. The Morgan fingerprint density at radius 3 is 2.10 bits per heavy atom. The van der Waals surface area contributed by atoms with Crippen LogP contribution in [0.25, 0.3) is 0 Å². The quantitative estimate of drug-likeness (QED) is 0.749. The van der Waals surface area contributed by atoms with Crippen LogP contribution in [0, 0.1) is 13.8 Å². The van der Waals surface area contributed by atoms with Crippen molar-refractivity contribution in [2.75, 3.05) is 52.2 Å². The molecule has 0 saturated carbocycles. The Morgan fingerprint density at radius 2 is 1.57 bits per heavy atom. The summed E-state index contributed by atoms with van der Waals surface area (Å²) < 4.78 is 16.6. The molecule has 2 rings (SSSR count). The predicted molar refractivity (Wildman–Crippen MR) is 86.5 cm³/mol. The highest BCUT2D eigenvalue weighted by atomic mass is 28.4. The lowest BCUT2D eigenvalue weighted by atomic mass is 10.1. The van der Waals surface area contributed by atoms with Gasteiger partial charge in [-0.25, -0.2) is 0 Å². The van der Waals surface area contributed by atoms with E-state index >= 15 is 0 Å². The normalized spacial score (nSPS) is 16.7. The van der Waals surface area contributed by atoms with Gasteiger partial charge in [0.15, 0.2) is 0 Å². The lowest BCUT2D eigenvalue weighted by molar-refractivity contribution is 0.107. The van der Waals surface area contributed by atoms with Gasteiger partial charge in [0.1, 0.15) is 0 Å². The molecule has 5 nitrogen and oxygen atoms in total. The van der Waals surface area contributed by atoms with Crippen LogP contribution in [0.1, 0.15) is 11.1 Å². The van der Waals surface area contributed by atoms with Gasteiger partial charge in [-0.05, 0) is 25.0 Å². The molecule has 0 amide bonds. The van der Waals surface area contributed by atoms with Crippen molar-refractivity contribution >= 4 is 14.5 Å². The molecule has 1 fully saturated rings. The molecule has 0 spiro atoms. The average Bonchev–Trinajstić information content (AvgIpc) is 2.93. The van der Waals surface area contributed by atoms with Gasteiger partial charge in [0, 0.05) is 40.1 Å². The van der Waals surface area contributed by atoms with Gasteiger partial charge < -0.3 is 18.2 Å². The third-order valence-corrected chi connectivity index (χ3v) is 6.86. The predicted octanol–water partition coefficient (Wildman–Crippen LogP) is 1.80. The standard InChI is InChI=1S/C15H26N2O3Si/c1-13-7-6-8-14(2)15(13)17-10-9-16(11-17)12-21(18-3,19-4)20-5/h6-8H,9-12H2,1-5H3. The van der Waals surface area contributed by atoms with Gasteiger partial charge in [-0.15, -0.1) is 0 Å². The summed E-state index contributed by atoms with van der Waals surface area (Å²) in [6.45, 7) is 7.25. The minimum absolute atomic E-state index is 0.720. The average molecular weight is 310 g/mol. The molecule has 1 saturated heterocycles. The second kappa shape index (κ2) is 6.89. The van der Waals surface area contributed by atoms with Gasteiger partial charge in [-0.2, -0.15) is 0 Å². The number of rotatable bonds is 6. The molecule has 1 heterocycles. The van der Waals surface area contributed by atoms with Crippen LogP contribution in [-0.2, 0) is 13.3 Å². The molecule has 0 aromatic heterocycles. The smallest absolute Gasteiger partial charge is 0.376 e. The van der Waals surface area contributed by atoms with Crippen molar-refractivity contribution in [3.8, 4) is 0 Å². The maximum atomic E-state index is 5.52. The van der Waals surface area contributed by atoms with Gasteiger partial charge >= 0.3 is 8.80 Å². The van der Waals surface area contributed by atoms with E-state index in [1.807, 2.05) is 0 Å². The third kappa shape index (κ3) is 3.46. The van der Waals surface area contributed by atoms with Crippen LogP contribution in [0.15, 0.2) is 18.2 Å². The molecule has 6 heteroatoms. The van der Waals surface area contributed by atoms with E-state index in [1.165, 1.54) is 16.8 Å². The van der Waals surface area contributed by atoms with Crippen molar-refractivity contribution in [3.63, 3.8) is 0 Å². The monoisotopic (exact) mass is 310 g/mol. The van der Waals surface area contributed by atoms with Gasteiger partial charge in [-0.1, -0.05) is 18.2 Å². The first kappa shape index (κ1) is 16.4. The first-order valence-electron chi connectivity index (χ1n) is 7.24. The fraction of sp³-hybridized carbons (Fsp3) is 0.600. The highest BCUT2D eigenvalue weighted by Crippen LogP contribution is 2.27. The third-order valence-electron chi connectivity index (χ3n) is 4.16. The Hall–Kier alpha value is -0.923. The van der Waals surface area contributed by atoms with Crippen LogP contribution in [0.2, 0.25) is 0 Å². The van der Waals surface area contributed by atoms with E-state index in [1.54, 1.807) is 21.3 Å². The summed E-state index contributed by atoms with van der Waals surface area (Å²) in [5.74, 6) is 0. The summed E-state index contributed by atoms with van der Waals surface area (Å²) in [5, 5.41) is 0. The molecule has 21 heavy (non-hydrogen) atoms. The van der Waals surface area contributed by atoms with Crippen molar-refractivity contribution in [1.82, 2.24) is 4.90 Å². The maximum Gasteiger partial charge on any atom is 0.515 e. The minimum Gasteiger partial charge on any atom is -0.376 e. The molecule has 0 bridgehead atoms. The number of para-hydroxylation sites is 1. The van der Waals surface area contributed by atoms with Gasteiger partial charge in [-0.3, -0.25) is 4.90 Å². The van der Waals surface area contributed by atoms with Crippen molar-refractivity contribution in [2.45, 2.75) is 13.8 Å². The number of hydrogen-bond donors (Lipinski definition) is 0. The topological polar surface area (TPSA) is 34.2 Å². The van der Waals surface area contributed by atoms with Crippen LogP contribution < -0.4 is 4.90 Å². The SMILES string of the molecule is CO[Si](CN1CCN(c2c(C)cccc2C)C1)(OC)OC. The van der Waals surface area contributed by atoms with Crippen LogP contribution in [0.3, 0.4) is 0 Å². The zero-order chi connectivity index (χ0) is 15.5. The Bertz CT molecular complexity index is 451. The number of aryl methyl sites for hydroxylation is 2. The summed E-state index contributed by atoms with van der Waals surface area (Å²) in [7, 11) is 2.45. The molecular weight excluding hydrogens is 284 g/mol. The van der Waals surface area contributed by atoms with E-state index < -0.39 is 8.80 Å².